The summed E-state index contributed by atoms with van der Waals surface area (Å²) in [5.41, 5.74) is 0. The molecule has 0 N–H and O–H groups in total. The molecule has 1 aromatic carbocycles. The standard InChI is InChI=1S/C8H12ClNSi/c1-10(2)11(9)8-6-4-3-5-7-8/h3-7,11H,1-2H3. The van der Waals surface area contributed by atoms with Crippen molar-refractivity contribution >= 4 is 24.5 Å². The molecule has 0 aromatic heterocycles. The minimum absolute atomic E-state index is 1.28. The van der Waals surface area contributed by atoms with Gasteiger partial charge in [-0.3, -0.25) is 0 Å². The van der Waals surface area contributed by atoms with Gasteiger partial charge in [0.25, 0.3) is 0 Å². The van der Waals surface area contributed by atoms with Crippen LogP contribution in [0.4, 0.5) is 0 Å². The third-order valence-corrected chi connectivity index (χ3v) is 5.30. The topological polar surface area (TPSA) is 3.24 Å². The summed E-state index contributed by atoms with van der Waals surface area (Å²) in [5.74, 6) is 0. The predicted octanol–water partition coefficient (Wildman–Crippen LogP) is 0.915. The zero-order valence-corrected chi connectivity index (χ0v) is 8.70. The van der Waals surface area contributed by atoms with Crippen molar-refractivity contribution in [2.75, 3.05) is 14.1 Å². The average Bonchev–Trinajstić information content (AvgIpc) is 2.05. The number of hydrogen-bond acceptors (Lipinski definition) is 1. The molecule has 0 aliphatic carbocycles. The minimum Gasteiger partial charge on any atom is -0.316 e. The van der Waals surface area contributed by atoms with Crippen molar-refractivity contribution in [3.8, 4) is 0 Å². The molecule has 0 saturated heterocycles. The zero-order chi connectivity index (χ0) is 8.27. The van der Waals surface area contributed by atoms with Crippen LogP contribution in [0, 0.1) is 0 Å². The lowest BCUT2D eigenvalue weighted by Gasteiger charge is -2.15. The molecule has 3 heteroatoms. The zero-order valence-electron chi connectivity index (χ0n) is 6.79. The quantitative estimate of drug-likeness (QED) is 0.489. The Labute approximate surface area is 74.0 Å². The number of nitrogens with zero attached hydrogens (tertiary/aromatic N) is 1. The van der Waals surface area contributed by atoms with Crippen LogP contribution in [0.3, 0.4) is 0 Å². The Morgan fingerprint density at radius 2 is 1.73 bits per heavy atom. The van der Waals surface area contributed by atoms with Crippen LogP contribution in [0.15, 0.2) is 30.3 Å². The molecule has 1 unspecified atom stereocenters. The Kier molecular flexibility index (Phi) is 3.11. The van der Waals surface area contributed by atoms with E-state index in [-0.39, 0.29) is 0 Å². The highest BCUT2D eigenvalue weighted by molar-refractivity contribution is 7.12. The van der Waals surface area contributed by atoms with Crippen molar-refractivity contribution in [3.05, 3.63) is 30.3 Å². The molecule has 0 aliphatic heterocycles. The Bertz CT molecular complexity index is 213. The van der Waals surface area contributed by atoms with Crippen molar-refractivity contribution in [1.82, 2.24) is 4.57 Å². The molecule has 1 aromatic rings. The highest BCUT2D eigenvalue weighted by atomic mass is 35.6. The van der Waals surface area contributed by atoms with Crippen molar-refractivity contribution in [1.29, 1.82) is 0 Å². The van der Waals surface area contributed by atoms with Gasteiger partial charge in [0, 0.05) is 0 Å². The van der Waals surface area contributed by atoms with E-state index < -0.39 is 8.27 Å². The average molecular weight is 186 g/mol. The lowest BCUT2D eigenvalue weighted by atomic mass is 10.4. The Hall–Kier alpha value is -0.313. The SMILES string of the molecule is CN(C)[SiH](Cl)c1ccccc1. The largest absolute Gasteiger partial charge is 0.316 e. The lowest BCUT2D eigenvalue weighted by molar-refractivity contribution is 0.663. The van der Waals surface area contributed by atoms with Crippen LogP contribution in [0.25, 0.3) is 0 Å². The maximum Gasteiger partial charge on any atom is 0.244 e. The fraction of sp³-hybridized carbons (Fsp3) is 0.250. The predicted molar refractivity (Wildman–Crippen MR) is 52.8 cm³/mol. The molecule has 1 nitrogen and oxygen atoms in total. The normalized spacial score (nSPS) is 13.5. The van der Waals surface area contributed by atoms with Crippen LogP contribution >= 0.6 is 11.1 Å². The van der Waals surface area contributed by atoms with Crippen LogP contribution in [-0.4, -0.2) is 26.9 Å². The van der Waals surface area contributed by atoms with E-state index in [1.54, 1.807) is 0 Å². The van der Waals surface area contributed by atoms with Gasteiger partial charge in [0.15, 0.2) is 0 Å². The number of halogens is 1. The van der Waals surface area contributed by atoms with E-state index in [0.717, 1.165) is 0 Å². The highest BCUT2D eigenvalue weighted by Crippen LogP contribution is 1.95. The monoisotopic (exact) mass is 185 g/mol. The number of hydrogen-bond donors (Lipinski definition) is 0. The third-order valence-electron chi connectivity index (χ3n) is 1.53. The van der Waals surface area contributed by atoms with E-state index in [0.29, 0.717) is 0 Å². The van der Waals surface area contributed by atoms with Gasteiger partial charge in [0.2, 0.25) is 8.27 Å². The highest BCUT2D eigenvalue weighted by Gasteiger charge is 2.11. The smallest absolute Gasteiger partial charge is 0.244 e. The van der Waals surface area contributed by atoms with Crippen LogP contribution in [-0.2, 0) is 0 Å². The van der Waals surface area contributed by atoms with Crippen molar-refractivity contribution in [3.63, 3.8) is 0 Å². The first-order valence-electron chi connectivity index (χ1n) is 3.57. The second-order valence-corrected chi connectivity index (χ2v) is 6.32. The van der Waals surface area contributed by atoms with Crippen LogP contribution in [0.2, 0.25) is 0 Å². The molecule has 11 heavy (non-hydrogen) atoms. The van der Waals surface area contributed by atoms with E-state index in [2.05, 4.69) is 16.7 Å². The van der Waals surface area contributed by atoms with Crippen LogP contribution < -0.4 is 5.19 Å². The van der Waals surface area contributed by atoms with E-state index in [1.807, 2.05) is 32.3 Å². The van der Waals surface area contributed by atoms with Gasteiger partial charge < -0.3 is 4.57 Å². The first-order chi connectivity index (χ1) is 5.22. The molecule has 0 aliphatic rings. The maximum absolute atomic E-state index is 6.21. The molecule has 0 fully saturated rings. The second kappa shape index (κ2) is 3.90. The van der Waals surface area contributed by atoms with Gasteiger partial charge in [0.05, 0.1) is 0 Å². The maximum atomic E-state index is 6.21. The molecule has 0 bridgehead atoms. The molecule has 0 spiro atoms. The van der Waals surface area contributed by atoms with Gasteiger partial charge in [-0.2, -0.15) is 0 Å². The second-order valence-electron chi connectivity index (χ2n) is 2.71. The van der Waals surface area contributed by atoms with Gasteiger partial charge in [-0.05, 0) is 19.3 Å². The molecule has 0 saturated carbocycles. The van der Waals surface area contributed by atoms with Gasteiger partial charge in [-0.15, -0.1) is 11.1 Å². The van der Waals surface area contributed by atoms with E-state index in [4.69, 9.17) is 11.1 Å². The first kappa shape index (κ1) is 8.78. The third kappa shape index (κ3) is 2.33. The van der Waals surface area contributed by atoms with Gasteiger partial charge in [-0.25, -0.2) is 0 Å². The summed E-state index contributed by atoms with van der Waals surface area (Å²) >= 11 is 6.21. The minimum atomic E-state index is -1.33. The van der Waals surface area contributed by atoms with Gasteiger partial charge in [-0.1, -0.05) is 30.3 Å². The van der Waals surface area contributed by atoms with E-state index in [9.17, 15) is 0 Å². The molecule has 1 atom stereocenters. The molecule has 0 heterocycles. The Morgan fingerprint density at radius 3 is 2.18 bits per heavy atom. The van der Waals surface area contributed by atoms with E-state index >= 15 is 0 Å². The van der Waals surface area contributed by atoms with Gasteiger partial charge in [0.1, 0.15) is 0 Å². The summed E-state index contributed by atoms with van der Waals surface area (Å²) in [6.07, 6.45) is 0. The van der Waals surface area contributed by atoms with Crippen molar-refractivity contribution < 1.29 is 0 Å². The molecular formula is C8H12ClNSi. The first-order valence-corrected chi connectivity index (χ1v) is 6.41. The number of benzene rings is 1. The van der Waals surface area contributed by atoms with Crippen molar-refractivity contribution in [2.24, 2.45) is 0 Å². The van der Waals surface area contributed by atoms with Crippen LogP contribution in [0.1, 0.15) is 0 Å². The summed E-state index contributed by atoms with van der Waals surface area (Å²) < 4.78 is 2.11. The molecular weight excluding hydrogens is 174 g/mol. The summed E-state index contributed by atoms with van der Waals surface area (Å²) in [6.45, 7) is 0. The molecule has 60 valence electrons. The van der Waals surface area contributed by atoms with E-state index in [1.165, 1.54) is 5.19 Å². The molecule has 0 radical (unpaired) electrons. The molecule has 0 amide bonds. The fourth-order valence-corrected chi connectivity index (χ4v) is 2.48. The van der Waals surface area contributed by atoms with Crippen molar-refractivity contribution in [2.45, 2.75) is 0 Å². The molecule has 1 rings (SSSR count). The summed E-state index contributed by atoms with van der Waals surface area (Å²) in [4.78, 5) is 0. The lowest BCUT2D eigenvalue weighted by Crippen LogP contribution is -2.38. The number of rotatable bonds is 2. The Morgan fingerprint density at radius 1 is 1.18 bits per heavy atom. The van der Waals surface area contributed by atoms with Crippen LogP contribution in [0.5, 0.6) is 0 Å². The Balaban J connectivity index is 2.77. The van der Waals surface area contributed by atoms with Gasteiger partial charge >= 0.3 is 0 Å². The summed E-state index contributed by atoms with van der Waals surface area (Å²) in [6, 6.07) is 10.2. The fourth-order valence-electron chi connectivity index (χ4n) is 0.910. The summed E-state index contributed by atoms with van der Waals surface area (Å²) in [5, 5.41) is 1.28. The summed E-state index contributed by atoms with van der Waals surface area (Å²) in [7, 11) is 2.72.